The first-order valence-corrected chi connectivity index (χ1v) is 11.2. The molecule has 30 heavy (non-hydrogen) atoms. The minimum atomic E-state index is -0.134. The Balaban J connectivity index is 1.37. The van der Waals surface area contributed by atoms with Crippen molar-refractivity contribution in [1.82, 2.24) is 9.97 Å². The molecule has 1 amide bonds. The molecule has 0 spiro atoms. The number of nitrogens with one attached hydrogen (secondary N) is 2. The van der Waals surface area contributed by atoms with Gasteiger partial charge in [0, 0.05) is 54.2 Å². The van der Waals surface area contributed by atoms with Gasteiger partial charge in [-0.15, -0.1) is 11.8 Å². The number of carbonyl (C=O) groups is 1. The maximum absolute atomic E-state index is 12.9. The predicted molar refractivity (Wildman–Crippen MR) is 124 cm³/mol. The first kappa shape index (κ1) is 20.2. The van der Waals surface area contributed by atoms with Crippen LogP contribution < -0.4 is 15.5 Å². The van der Waals surface area contributed by atoms with E-state index in [1.165, 1.54) is 0 Å². The van der Waals surface area contributed by atoms with Crippen molar-refractivity contribution in [3.05, 3.63) is 77.7 Å². The average molecular weight is 420 g/mol. The summed E-state index contributed by atoms with van der Waals surface area (Å²) in [5.74, 6) is 2.57. The number of carbonyl (C=O) groups excluding carboxylic acids is 1. The summed E-state index contributed by atoms with van der Waals surface area (Å²) in [4.78, 5) is 24.0. The van der Waals surface area contributed by atoms with Gasteiger partial charge in [0.15, 0.2) is 0 Å². The zero-order valence-corrected chi connectivity index (χ0v) is 17.8. The number of rotatable bonds is 7. The summed E-state index contributed by atoms with van der Waals surface area (Å²) in [6.45, 7) is 3.67. The highest BCUT2D eigenvalue weighted by Gasteiger charge is 2.21. The Morgan fingerprint density at radius 1 is 1.10 bits per heavy atom. The minimum Gasteiger partial charge on any atom is -0.385 e. The molecule has 0 unspecified atom stereocenters. The third kappa shape index (κ3) is 5.10. The number of pyridine rings is 2. The lowest BCUT2D eigenvalue weighted by Crippen LogP contribution is -2.24. The highest BCUT2D eigenvalue weighted by Crippen LogP contribution is 2.26. The molecule has 1 aliphatic rings. The van der Waals surface area contributed by atoms with Crippen LogP contribution in [-0.2, 0) is 6.42 Å². The molecule has 3 heterocycles. The smallest absolute Gasteiger partial charge is 0.259 e. The SMILES string of the molecule is Cc1ccc(C(=O)Nc2ccc(NCCc3ccccn3)cc2)c(N2CCSC2)n1. The highest BCUT2D eigenvalue weighted by atomic mass is 32.2. The third-order valence-electron chi connectivity index (χ3n) is 4.89. The molecule has 7 heteroatoms. The topological polar surface area (TPSA) is 70.2 Å². The number of amides is 1. The first-order valence-electron chi connectivity index (χ1n) is 10.0. The molecule has 1 aromatic carbocycles. The van der Waals surface area contributed by atoms with Gasteiger partial charge >= 0.3 is 0 Å². The van der Waals surface area contributed by atoms with Crippen molar-refractivity contribution in [2.24, 2.45) is 0 Å². The third-order valence-corrected chi connectivity index (χ3v) is 5.86. The fourth-order valence-electron chi connectivity index (χ4n) is 3.29. The zero-order valence-electron chi connectivity index (χ0n) is 17.0. The van der Waals surface area contributed by atoms with Gasteiger partial charge in [-0.05, 0) is 55.5 Å². The van der Waals surface area contributed by atoms with Crippen LogP contribution in [0.2, 0.25) is 0 Å². The maximum atomic E-state index is 12.9. The number of anilines is 3. The van der Waals surface area contributed by atoms with Crippen LogP contribution in [0.5, 0.6) is 0 Å². The molecule has 0 saturated carbocycles. The van der Waals surface area contributed by atoms with E-state index in [-0.39, 0.29) is 5.91 Å². The molecule has 1 saturated heterocycles. The van der Waals surface area contributed by atoms with Crippen molar-refractivity contribution in [2.45, 2.75) is 13.3 Å². The van der Waals surface area contributed by atoms with Crippen LogP contribution in [0, 0.1) is 6.92 Å². The molecule has 0 atom stereocenters. The largest absolute Gasteiger partial charge is 0.385 e. The summed E-state index contributed by atoms with van der Waals surface area (Å²) in [5, 5.41) is 6.39. The highest BCUT2D eigenvalue weighted by molar-refractivity contribution is 7.99. The molecule has 2 aromatic heterocycles. The van der Waals surface area contributed by atoms with Crippen molar-refractivity contribution in [3.8, 4) is 0 Å². The van der Waals surface area contributed by atoms with Crippen molar-refractivity contribution in [1.29, 1.82) is 0 Å². The van der Waals surface area contributed by atoms with Crippen LogP contribution in [0.4, 0.5) is 17.2 Å². The lowest BCUT2D eigenvalue weighted by Gasteiger charge is -2.19. The minimum absolute atomic E-state index is 0.134. The Morgan fingerprint density at radius 2 is 1.93 bits per heavy atom. The van der Waals surface area contributed by atoms with E-state index in [0.29, 0.717) is 5.56 Å². The van der Waals surface area contributed by atoms with E-state index in [0.717, 1.165) is 59.7 Å². The van der Waals surface area contributed by atoms with Crippen molar-refractivity contribution in [2.75, 3.05) is 40.3 Å². The van der Waals surface area contributed by atoms with E-state index >= 15 is 0 Å². The molecule has 0 aliphatic carbocycles. The average Bonchev–Trinajstić information content (AvgIpc) is 3.30. The number of aromatic nitrogens is 2. The standard InChI is InChI=1S/C23H25N5OS/c1-17-5-10-21(22(26-17)28-14-15-30-16-28)23(29)27-20-8-6-19(7-9-20)25-13-11-18-4-2-3-12-24-18/h2-10,12,25H,11,13-16H2,1H3,(H,27,29). The Hall–Kier alpha value is -3.06. The summed E-state index contributed by atoms with van der Waals surface area (Å²) >= 11 is 1.86. The molecular weight excluding hydrogens is 394 g/mol. The van der Waals surface area contributed by atoms with Crippen LogP contribution in [0.25, 0.3) is 0 Å². The Bertz CT molecular complexity index is 988. The predicted octanol–water partition coefficient (Wildman–Crippen LogP) is 4.20. The Morgan fingerprint density at radius 3 is 2.67 bits per heavy atom. The second-order valence-electron chi connectivity index (χ2n) is 7.15. The van der Waals surface area contributed by atoms with Gasteiger partial charge in [0.1, 0.15) is 5.82 Å². The molecule has 2 N–H and O–H groups in total. The number of aryl methyl sites for hydroxylation is 1. The molecule has 0 radical (unpaired) electrons. The first-order chi connectivity index (χ1) is 14.7. The van der Waals surface area contributed by atoms with Gasteiger partial charge in [-0.1, -0.05) is 6.07 Å². The molecule has 1 fully saturated rings. The monoisotopic (exact) mass is 419 g/mol. The number of nitrogens with zero attached hydrogens (tertiary/aromatic N) is 3. The van der Waals surface area contributed by atoms with E-state index in [1.54, 1.807) is 0 Å². The van der Waals surface area contributed by atoms with Gasteiger partial charge in [-0.25, -0.2) is 4.98 Å². The fourth-order valence-corrected chi connectivity index (χ4v) is 4.24. The van der Waals surface area contributed by atoms with Crippen LogP contribution in [0.1, 0.15) is 21.7 Å². The van der Waals surface area contributed by atoms with Gasteiger partial charge < -0.3 is 15.5 Å². The van der Waals surface area contributed by atoms with Crippen LogP contribution >= 0.6 is 11.8 Å². The maximum Gasteiger partial charge on any atom is 0.259 e. The van der Waals surface area contributed by atoms with Crippen LogP contribution in [0.3, 0.4) is 0 Å². The summed E-state index contributed by atoms with van der Waals surface area (Å²) in [5.41, 5.74) is 4.36. The molecular formula is C23H25N5OS. The molecule has 6 nitrogen and oxygen atoms in total. The van der Waals surface area contributed by atoms with Crippen molar-refractivity contribution in [3.63, 3.8) is 0 Å². The molecule has 3 aromatic rings. The van der Waals surface area contributed by atoms with Gasteiger partial charge in [0.25, 0.3) is 5.91 Å². The lowest BCUT2D eigenvalue weighted by molar-refractivity contribution is 0.102. The summed E-state index contributed by atoms with van der Waals surface area (Å²) < 4.78 is 0. The van der Waals surface area contributed by atoms with E-state index < -0.39 is 0 Å². The number of thioether (sulfide) groups is 1. The molecule has 154 valence electrons. The van der Waals surface area contributed by atoms with Crippen LogP contribution in [-0.4, -0.2) is 40.6 Å². The van der Waals surface area contributed by atoms with E-state index in [1.807, 2.05) is 79.5 Å². The normalized spacial score (nSPS) is 13.3. The summed E-state index contributed by atoms with van der Waals surface area (Å²) in [6.07, 6.45) is 2.67. The summed E-state index contributed by atoms with van der Waals surface area (Å²) in [7, 11) is 0. The summed E-state index contributed by atoms with van der Waals surface area (Å²) in [6, 6.07) is 17.5. The van der Waals surface area contributed by atoms with Gasteiger partial charge in [-0.3, -0.25) is 9.78 Å². The van der Waals surface area contributed by atoms with Crippen molar-refractivity contribution < 1.29 is 4.79 Å². The quantitative estimate of drug-likeness (QED) is 0.598. The molecule has 4 rings (SSSR count). The molecule has 1 aliphatic heterocycles. The van der Waals surface area contributed by atoms with Crippen molar-refractivity contribution >= 4 is 34.9 Å². The van der Waals surface area contributed by atoms with Gasteiger partial charge in [0.05, 0.1) is 11.4 Å². The number of hydrogen-bond donors (Lipinski definition) is 2. The fraction of sp³-hybridized carbons (Fsp3) is 0.261. The molecule has 0 bridgehead atoms. The zero-order chi connectivity index (χ0) is 20.8. The van der Waals surface area contributed by atoms with Gasteiger partial charge in [0.2, 0.25) is 0 Å². The second kappa shape index (κ2) is 9.63. The van der Waals surface area contributed by atoms with E-state index in [2.05, 4.69) is 25.5 Å². The van der Waals surface area contributed by atoms with E-state index in [4.69, 9.17) is 0 Å². The number of benzene rings is 1. The number of hydrogen-bond acceptors (Lipinski definition) is 6. The van der Waals surface area contributed by atoms with E-state index in [9.17, 15) is 4.79 Å². The van der Waals surface area contributed by atoms with Crippen LogP contribution in [0.15, 0.2) is 60.8 Å². The van der Waals surface area contributed by atoms with Gasteiger partial charge in [-0.2, -0.15) is 0 Å². The Kier molecular flexibility index (Phi) is 6.49. The second-order valence-corrected chi connectivity index (χ2v) is 8.23. The lowest BCUT2D eigenvalue weighted by atomic mass is 10.2. The Labute approximate surface area is 181 Å².